The highest BCUT2D eigenvalue weighted by molar-refractivity contribution is 5.73. The van der Waals surface area contributed by atoms with Crippen LogP contribution in [0.15, 0.2) is 0 Å². The standard InChI is InChI=1S/C13H26N2O2/c1-9(2)12-6-5-7-15(12)8-11(13(16)17)14-10(3)4/h9-12,14H,5-8H2,1-4H3,(H,16,17). The molecule has 0 saturated carbocycles. The molecule has 2 unspecified atom stereocenters. The number of nitrogens with one attached hydrogen (secondary N) is 1. The SMILES string of the molecule is CC(C)NC(CN1CCCC1C(C)C)C(=O)O. The zero-order valence-electron chi connectivity index (χ0n) is 11.4. The van der Waals surface area contributed by atoms with Crippen molar-refractivity contribution >= 4 is 5.97 Å². The fourth-order valence-electron chi connectivity index (χ4n) is 2.67. The fraction of sp³-hybridized carbons (Fsp3) is 0.923. The summed E-state index contributed by atoms with van der Waals surface area (Å²) >= 11 is 0. The van der Waals surface area contributed by atoms with Crippen LogP contribution in [0.5, 0.6) is 0 Å². The van der Waals surface area contributed by atoms with Crippen LogP contribution in [0.4, 0.5) is 0 Å². The second kappa shape index (κ2) is 6.36. The molecule has 4 heteroatoms. The van der Waals surface area contributed by atoms with Crippen molar-refractivity contribution in [3.05, 3.63) is 0 Å². The van der Waals surface area contributed by atoms with Crippen molar-refractivity contribution in [2.45, 2.75) is 58.7 Å². The highest BCUT2D eigenvalue weighted by Crippen LogP contribution is 2.23. The van der Waals surface area contributed by atoms with E-state index in [9.17, 15) is 9.90 Å². The molecule has 1 rings (SSSR count). The molecule has 0 spiro atoms. The van der Waals surface area contributed by atoms with Crippen molar-refractivity contribution in [1.29, 1.82) is 0 Å². The number of hydrogen-bond donors (Lipinski definition) is 2. The first kappa shape index (κ1) is 14.5. The molecule has 100 valence electrons. The van der Waals surface area contributed by atoms with Gasteiger partial charge in [0.1, 0.15) is 6.04 Å². The van der Waals surface area contributed by atoms with Crippen LogP contribution in [0.1, 0.15) is 40.5 Å². The summed E-state index contributed by atoms with van der Waals surface area (Å²) in [5.41, 5.74) is 0. The van der Waals surface area contributed by atoms with Gasteiger partial charge in [0.05, 0.1) is 0 Å². The van der Waals surface area contributed by atoms with Gasteiger partial charge in [0.25, 0.3) is 0 Å². The van der Waals surface area contributed by atoms with Gasteiger partial charge < -0.3 is 10.4 Å². The van der Waals surface area contributed by atoms with E-state index in [1.165, 1.54) is 12.8 Å². The summed E-state index contributed by atoms with van der Waals surface area (Å²) in [6, 6.07) is 0.302. The average molecular weight is 242 g/mol. The van der Waals surface area contributed by atoms with E-state index >= 15 is 0 Å². The number of hydrogen-bond acceptors (Lipinski definition) is 3. The maximum Gasteiger partial charge on any atom is 0.322 e. The van der Waals surface area contributed by atoms with E-state index in [0.717, 1.165) is 6.54 Å². The number of nitrogens with zero attached hydrogens (tertiary/aromatic N) is 1. The second-order valence-electron chi connectivity index (χ2n) is 5.66. The summed E-state index contributed by atoms with van der Waals surface area (Å²) in [5.74, 6) is -0.140. The van der Waals surface area contributed by atoms with Crippen LogP contribution >= 0.6 is 0 Å². The zero-order chi connectivity index (χ0) is 13.0. The molecule has 0 radical (unpaired) electrons. The zero-order valence-corrected chi connectivity index (χ0v) is 11.4. The minimum absolute atomic E-state index is 0.205. The average Bonchev–Trinajstić information content (AvgIpc) is 2.63. The normalized spacial score (nSPS) is 23.5. The van der Waals surface area contributed by atoms with Crippen molar-refractivity contribution in [3.8, 4) is 0 Å². The lowest BCUT2D eigenvalue weighted by molar-refractivity contribution is -0.140. The van der Waals surface area contributed by atoms with Gasteiger partial charge in [0.15, 0.2) is 0 Å². The van der Waals surface area contributed by atoms with Gasteiger partial charge in [-0.15, -0.1) is 0 Å². The van der Waals surface area contributed by atoms with Crippen molar-refractivity contribution in [3.63, 3.8) is 0 Å². The van der Waals surface area contributed by atoms with Gasteiger partial charge >= 0.3 is 5.97 Å². The first-order valence-electron chi connectivity index (χ1n) is 6.64. The van der Waals surface area contributed by atoms with Gasteiger partial charge in [0, 0.05) is 18.6 Å². The molecule has 1 saturated heterocycles. The van der Waals surface area contributed by atoms with Crippen molar-refractivity contribution in [2.24, 2.45) is 5.92 Å². The molecule has 4 nitrogen and oxygen atoms in total. The number of carboxylic acids is 1. The molecule has 17 heavy (non-hydrogen) atoms. The number of carbonyl (C=O) groups is 1. The van der Waals surface area contributed by atoms with Gasteiger partial charge in [-0.2, -0.15) is 0 Å². The third-order valence-corrected chi connectivity index (χ3v) is 3.43. The van der Waals surface area contributed by atoms with Crippen LogP contribution in [-0.4, -0.2) is 47.2 Å². The molecular weight excluding hydrogens is 216 g/mol. The molecule has 1 aliphatic heterocycles. The molecule has 0 aromatic carbocycles. The topological polar surface area (TPSA) is 52.6 Å². The minimum atomic E-state index is -0.742. The fourth-order valence-corrected chi connectivity index (χ4v) is 2.67. The lowest BCUT2D eigenvalue weighted by Gasteiger charge is -2.30. The quantitative estimate of drug-likeness (QED) is 0.742. The summed E-state index contributed by atoms with van der Waals surface area (Å²) < 4.78 is 0. The molecule has 0 aliphatic carbocycles. The van der Waals surface area contributed by atoms with Crippen molar-refractivity contribution in [2.75, 3.05) is 13.1 Å². The Morgan fingerprint density at radius 1 is 1.41 bits per heavy atom. The first-order chi connectivity index (χ1) is 7.91. The van der Waals surface area contributed by atoms with Gasteiger partial charge in [-0.05, 0) is 25.3 Å². The summed E-state index contributed by atoms with van der Waals surface area (Å²) in [6.07, 6.45) is 2.39. The van der Waals surface area contributed by atoms with Crippen LogP contribution in [0, 0.1) is 5.92 Å². The molecule has 2 N–H and O–H groups in total. The third kappa shape index (κ3) is 4.28. The number of aliphatic carboxylic acids is 1. The van der Waals surface area contributed by atoms with E-state index < -0.39 is 12.0 Å². The molecule has 0 aromatic heterocycles. The first-order valence-corrected chi connectivity index (χ1v) is 6.64. The van der Waals surface area contributed by atoms with Crippen LogP contribution in [-0.2, 0) is 4.79 Å². The Morgan fingerprint density at radius 3 is 2.53 bits per heavy atom. The van der Waals surface area contributed by atoms with Gasteiger partial charge in [-0.1, -0.05) is 27.7 Å². The summed E-state index contributed by atoms with van der Waals surface area (Å²) in [7, 11) is 0. The van der Waals surface area contributed by atoms with Crippen LogP contribution in [0.25, 0.3) is 0 Å². The highest BCUT2D eigenvalue weighted by atomic mass is 16.4. The minimum Gasteiger partial charge on any atom is -0.480 e. The predicted octanol–water partition coefficient (Wildman–Crippen LogP) is 1.56. The summed E-state index contributed by atoms with van der Waals surface area (Å²) in [6.45, 7) is 10.1. The number of carboxylic acid groups (broad SMARTS) is 1. The second-order valence-corrected chi connectivity index (χ2v) is 5.66. The lowest BCUT2D eigenvalue weighted by atomic mass is 10.0. The van der Waals surface area contributed by atoms with Gasteiger partial charge in [0.2, 0.25) is 0 Å². The molecular formula is C13H26N2O2. The maximum absolute atomic E-state index is 11.2. The van der Waals surface area contributed by atoms with E-state index in [4.69, 9.17) is 0 Å². The van der Waals surface area contributed by atoms with Crippen molar-refractivity contribution < 1.29 is 9.90 Å². The number of rotatable bonds is 6. The Labute approximate surface area is 104 Å². The van der Waals surface area contributed by atoms with Crippen LogP contribution < -0.4 is 5.32 Å². The van der Waals surface area contributed by atoms with Gasteiger partial charge in [-0.25, -0.2) is 0 Å². The molecule has 2 atom stereocenters. The van der Waals surface area contributed by atoms with E-state index in [2.05, 4.69) is 24.1 Å². The molecule has 0 aromatic rings. The molecule has 0 bridgehead atoms. The van der Waals surface area contributed by atoms with E-state index in [1.54, 1.807) is 0 Å². The summed E-state index contributed by atoms with van der Waals surface area (Å²) in [5, 5.41) is 12.3. The third-order valence-electron chi connectivity index (χ3n) is 3.43. The van der Waals surface area contributed by atoms with E-state index in [0.29, 0.717) is 18.5 Å². The van der Waals surface area contributed by atoms with E-state index in [-0.39, 0.29) is 6.04 Å². The number of likely N-dealkylation sites (tertiary alicyclic amines) is 1. The Kier molecular flexibility index (Phi) is 5.40. The van der Waals surface area contributed by atoms with Crippen molar-refractivity contribution in [1.82, 2.24) is 10.2 Å². The molecule has 1 fully saturated rings. The van der Waals surface area contributed by atoms with E-state index in [1.807, 2.05) is 13.8 Å². The Hall–Kier alpha value is -0.610. The lowest BCUT2D eigenvalue weighted by Crippen LogP contribution is -2.50. The summed E-state index contributed by atoms with van der Waals surface area (Å²) in [4.78, 5) is 13.5. The molecule has 0 amide bonds. The van der Waals surface area contributed by atoms with Gasteiger partial charge in [-0.3, -0.25) is 9.69 Å². The van der Waals surface area contributed by atoms with Crippen LogP contribution in [0.3, 0.4) is 0 Å². The Bertz CT molecular complexity index is 254. The molecule has 1 aliphatic rings. The predicted molar refractivity (Wildman–Crippen MR) is 69.1 cm³/mol. The maximum atomic E-state index is 11.2. The highest BCUT2D eigenvalue weighted by Gasteiger charge is 2.31. The Morgan fingerprint density at radius 2 is 2.06 bits per heavy atom. The smallest absolute Gasteiger partial charge is 0.322 e. The largest absolute Gasteiger partial charge is 0.480 e. The monoisotopic (exact) mass is 242 g/mol. The van der Waals surface area contributed by atoms with Crippen LogP contribution in [0.2, 0.25) is 0 Å². The Balaban J connectivity index is 2.57. The molecule has 1 heterocycles.